The second kappa shape index (κ2) is 10.7. The van der Waals surface area contributed by atoms with Gasteiger partial charge in [0.2, 0.25) is 0 Å². The van der Waals surface area contributed by atoms with Gasteiger partial charge in [0.25, 0.3) is 5.56 Å². The lowest BCUT2D eigenvalue weighted by atomic mass is 10.1. The molecule has 0 radical (unpaired) electrons. The summed E-state index contributed by atoms with van der Waals surface area (Å²) in [6.45, 7) is 4.29. The number of ether oxygens (including phenoxy) is 2. The molecule has 0 fully saturated rings. The van der Waals surface area contributed by atoms with E-state index < -0.39 is 12.1 Å². The maximum absolute atomic E-state index is 12.9. The molecule has 0 aliphatic heterocycles. The summed E-state index contributed by atoms with van der Waals surface area (Å²) in [5.74, 6) is 0.315. The van der Waals surface area contributed by atoms with Crippen molar-refractivity contribution < 1.29 is 14.3 Å². The van der Waals surface area contributed by atoms with Crippen molar-refractivity contribution in [1.29, 1.82) is 0 Å². The fourth-order valence-electron chi connectivity index (χ4n) is 3.51. The van der Waals surface area contributed by atoms with Crippen molar-refractivity contribution in [1.82, 2.24) is 4.57 Å². The third kappa shape index (κ3) is 5.53. The van der Waals surface area contributed by atoms with E-state index in [9.17, 15) is 9.59 Å². The Kier molecular flexibility index (Phi) is 7.99. The minimum atomic E-state index is -0.471. The van der Waals surface area contributed by atoms with Crippen molar-refractivity contribution in [2.24, 2.45) is 0 Å². The van der Waals surface area contributed by atoms with Crippen LogP contribution in [0.2, 0.25) is 10.0 Å². The third-order valence-corrected chi connectivity index (χ3v) is 5.82. The maximum atomic E-state index is 12.9. The molecule has 1 aromatic heterocycles. The van der Waals surface area contributed by atoms with E-state index in [0.29, 0.717) is 35.0 Å². The smallest absolute Gasteiger partial charge is 0.337 e. The second-order valence-electron chi connectivity index (χ2n) is 7.38. The van der Waals surface area contributed by atoms with Crippen molar-refractivity contribution in [3.8, 4) is 5.75 Å². The zero-order valence-electron chi connectivity index (χ0n) is 18.2. The molecule has 1 unspecified atom stereocenters. The summed E-state index contributed by atoms with van der Waals surface area (Å²) >= 11 is 12.6. The first-order chi connectivity index (χ1) is 15.3. The Labute approximate surface area is 197 Å². The van der Waals surface area contributed by atoms with Gasteiger partial charge in [0.1, 0.15) is 16.9 Å². The molecule has 5 nitrogen and oxygen atoms in total. The van der Waals surface area contributed by atoms with Gasteiger partial charge in [-0.2, -0.15) is 0 Å². The number of hydrogen-bond acceptors (Lipinski definition) is 4. The average molecular weight is 474 g/mol. The number of aromatic nitrogens is 1. The van der Waals surface area contributed by atoms with E-state index >= 15 is 0 Å². The highest BCUT2D eigenvalue weighted by molar-refractivity contribution is 6.34. The number of esters is 1. The number of methoxy groups -OCH3 is 1. The summed E-state index contributed by atoms with van der Waals surface area (Å²) in [5, 5.41) is 0.426. The van der Waals surface area contributed by atoms with E-state index in [4.69, 9.17) is 32.7 Å². The molecule has 0 saturated heterocycles. The molecule has 0 saturated carbocycles. The van der Waals surface area contributed by atoms with E-state index in [1.807, 2.05) is 43.3 Å². The van der Waals surface area contributed by atoms with Crippen molar-refractivity contribution >= 4 is 29.2 Å². The summed E-state index contributed by atoms with van der Waals surface area (Å²) in [5.41, 5.74) is 2.82. The predicted octanol–water partition coefficient (Wildman–Crippen LogP) is 5.89. The zero-order valence-corrected chi connectivity index (χ0v) is 19.7. The summed E-state index contributed by atoms with van der Waals surface area (Å²) in [6.07, 6.45) is 0.969. The van der Waals surface area contributed by atoms with Gasteiger partial charge in [-0.25, -0.2) is 4.79 Å². The Morgan fingerprint density at radius 1 is 1.03 bits per heavy atom. The van der Waals surface area contributed by atoms with Crippen molar-refractivity contribution in [3.05, 3.63) is 97.4 Å². The molecule has 3 rings (SSSR count). The van der Waals surface area contributed by atoms with Crippen LogP contribution in [0.15, 0.2) is 59.4 Å². The molecule has 168 valence electrons. The highest BCUT2D eigenvalue weighted by Crippen LogP contribution is 2.29. The number of carbonyl (C=O) groups is 1. The predicted molar refractivity (Wildman–Crippen MR) is 127 cm³/mol. The van der Waals surface area contributed by atoms with E-state index in [0.717, 1.165) is 17.5 Å². The lowest BCUT2D eigenvalue weighted by Gasteiger charge is -2.22. The van der Waals surface area contributed by atoms with Crippen LogP contribution in [0.4, 0.5) is 0 Å². The van der Waals surface area contributed by atoms with E-state index in [2.05, 4.69) is 6.92 Å². The largest absolute Gasteiger partial charge is 0.484 e. The highest BCUT2D eigenvalue weighted by atomic mass is 35.5. The van der Waals surface area contributed by atoms with Crippen molar-refractivity contribution in [3.63, 3.8) is 0 Å². The summed E-state index contributed by atoms with van der Waals surface area (Å²) < 4.78 is 12.4. The molecule has 32 heavy (non-hydrogen) atoms. The van der Waals surface area contributed by atoms with Gasteiger partial charge in [-0.15, -0.1) is 0 Å². The summed E-state index contributed by atoms with van der Waals surface area (Å²) in [4.78, 5) is 24.5. The van der Waals surface area contributed by atoms with Gasteiger partial charge in [-0.1, -0.05) is 54.4 Å². The lowest BCUT2D eigenvalue weighted by molar-refractivity contribution is 0.0600. The van der Waals surface area contributed by atoms with Gasteiger partial charge in [0, 0.05) is 6.54 Å². The van der Waals surface area contributed by atoms with Crippen molar-refractivity contribution in [2.75, 3.05) is 7.11 Å². The maximum Gasteiger partial charge on any atom is 0.337 e. The normalized spacial score (nSPS) is 11.8. The van der Waals surface area contributed by atoms with E-state index in [1.165, 1.54) is 13.2 Å². The quantitative estimate of drug-likeness (QED) is 0.382. The molecule has 0 amide bonds. The third-order valence-electron chi connectivity index (χ3n) is 5.24. The fourth-order valence-corrected chi connectivity index (χ4v) is 4.15. The number of rotatable bonds is 8. The Hall–Kier alpha value is -2.76. The van der Waals surface area contributed by atoms with Gasteiger partial charge in [0.15, 0.2) is 0 Å². The van der Waals surface area contributed by atoms with Crippen LogP contribution >= 0.6 is 23.2 Å². The van der Waals surface area contributed by atoms with E-state index in [1.54, 1.807) is 16.7 Å². The van der Waals surface area contributed by atoms with Gasteiger partial charge < -0.3 is 14.0 Å². The zero-order chi connectivity index (χ0) is 23.3. The summed E-state index contributed by atoms with van der Waals surface area (Å²) in [7, 11) is 1.34. The van der Waals surface area contributed by atoms with Crippen LogP contribution in [-0.2, 0) is 24.1 Å². The van der Waals surface area contributed by atoms with Gasteiger partial charge >= 0.3 is 5.97 Å². The lowest BCUT2D eigenvalue weighted by Crippen LogP contribution is -2.27. The van der Waals surface area contributed by atoms with Crippen LogP contribution in [0, 0.1) is 0 Å². The first-order valence-corrected chi connectivity index (χ1v) is 11.1. The number of hydrogen-bond donors (Lipinski definition) is 0. The fraction of sp³-hybridized carbons (Fsp3) is 0.280. The highest BCUT2D eigenvalue weighted by Gasteiger charge is 2.20. The minimum Gasteiger partial charge on any atom is -0.484 e. The van der Waals surface area contributed by atoms with Gasteiger partial charge in [-0.05, 0) is 61.2 Å². The molecule has 1 heterocycles. The Morgan fingerprint density at radius 2 is 1.75 bits per heavy atom. The Morgan fingerprint density at radius 3 is 2.41 bits per heavy atom. The molecule has 0 bridgehead atoms. The number of halogens is 2. The molecular weight excluding hydrogens is 449 g/mol. The van der Waals surface area contributed by atoms with Crippen LogP contribution in [-0.4, -0.2) is 17.6 Å². The first-order valence-electron chi connectivity index (χ1n) is 10.4. The topological polar surface area (TPSA) is 57.5 Å². The van der Waals surface area contributed by atoms with Crippen LogP contribution in [0.5, 0.6) is 5.75 Å². The standard InChI is InChI=1S/C25H25Cl2NO4/c1-4-17-6-5-7-20(14-17)32-16(2)23-21(26)15-22(27)24(29)28(23)13-12-18-8-10-19(11-9-18)25(30)31-3/h5-11,14-16H,4,12-13H2,1-3H3. The number of benzene rings is 2. The Balaban J connectivity index is 1.86. The molecule has 3 aromatic rings. The van der Waals surface area contributed by atoms with Crippen molar-refractivity contribution in [2.45, 2.75) is 39.3 Å². The second-order valence-corrected chi connectivity index (χ2v) is 8.20. The molecule has 0 N–H and O–H groups in total. The molecule has 0 aliphatic rings. The van der Waals surface area contributed by atoms with Crippen LogP contribution < -0.4 is 10.3 Å². The average Bonchev–Trinajstić information content (AvgIpc) is 2.80. The number of nitrogens with zero attached hydrogens (tertiary/aromatic N) is 1. The van der Waals surface area contributed by atoms with Gasteiger partial charge in [-0.3, -0.25) is 4.79 Å². The monoisotopic (exact) mass is 473 g/mol. The first kappa shape index (κ1) is 23.9. The number of carbonyl (C=O) groups excluding carboxylic acids is 1. The number of pyridine rings is 1. The molecule has 1 atom stereocenters. The Bertz CT molecular complexity index is 1160. The van der Waals surface area contributed by atoms with E-state index in [-0.39, 0.29) is 10.6 Å². The SMILES string of the molecule is CCc1cccc(OC(C)c2c(Cl)cc(Cl)c(=O)n2CCc2ccc(C(=O)OC)cc2)c1. The molecule has 0 aliphatic carbocycles. The van der Waals surface area contributed by atoms with Gasteiger partial charge in [0.05, 0.1) is 23.4 Å². The molecule has 7 heteroatoms. The minimum absolute atomic E-state index is 0.0555. The van der Waals surface area contributed by atoms with Crippen LogP contribution in [0.25, 0.3) is 0 Å². The van der Waals surface area contributed by atoms with Crippen LogP contribution in [0.1, 0.15) is 47.1 Å². The number of aryl methyl sites for hydroxylation is 2. The van der Waals surface area contributed by atoms with Crippen LogP contribution in [0.3, 0.4) is 0 Å². The molecule has 0 spiro atoms. The molecule has 2 aromatic carbocycles. The summed E-state index contributed by atoms with van der Waals surface area (Å²) in [6, 6.07) is 16.4. The molecular formula is C25H25Cl2NO4.